The van der Waals surface area contributed by atoms with Crippen LogP contribution in [0.15, 0.2) is 30.3 Å². The molecular formula is C19H26O7S. The maximum Gasteiger partial charge on any atom is 0.303 e. The van der Waals surface area contributed by atoms with Gasteiger partial charge in [-0.2, -0.15) is 8.42 Å². The predicted molar refractivity (Wildman–Crippen MR) is 97.5 cm³/mol. The largest absolute Gasteiger partial charge is 0.459 e. The average Bonchev–Trinajstić information content (AvgIpc) is 2.62. The normalized spacial score (nSPS) is 33.9. The summed E-state index contributed by atoms with van der Waals surface area (Å²) >= 11 is 0. The number of carbonyl (C=O) groups is 1. The Labute approximate surface area is 160 Å². The zero-order valence-corrected chi connectivity index (χ0v) is 16.6. The Balaban J connectivity index is 1.89. The number of benzene rings is 1. The fourth-order valence-electron chi connectivity index (χ4n) is 4.21. The first kappa shape index (κ1) is 20.3. The van der Waals surface area contributed by atoms with Gasteiger partial charge < -0.3 is 14.2 Å². The van der Waals surface area contributed by atoms with E-state index in [0.717, 1.165) is 19.1 Å². The molecule has 1 heterocycles. The summed E-state index contributed by atoms with van der Waals surface area (Å²) in [6.45, 7) is 1.31. The number of hydrogen-bond acceptors (Lipinski definition) is 7. The molecule has 150 valence electrons. The van der Waals surface area contributed by atoms with Crippen LogP contribution in [0.3, 0.4) is 0 Å². The van der Waals surface area contributed by atoms with E-state index < -0.39 is 34.6 Å². The topological polar surface area (TPSA) is 88.1 Å². The van der Waals surface area contributed by atoms with Crippen LogP contribution in [0.2, 0.25) is 0 Å². The molecule has 3 rings (SSSR count). The van der Waals surface area contributed by atoms with E-state index in [1.807, 2.05) is 18.2 Å². The van der Waals surface area contributed by atoms with Crippen molar-refractivity contribution in [1.29, 1.82) is 0 Å². The molecule has 0 aromatic heterocycles. The van der Waals surface area contributed by atoms with Crippen molar-refractivity contribution >= 4 is 16.1 Å². The third-order valence-electron chi connectivity index (χ3n) is 5.25. The summed E-state index contributed by atoms with van der Waals surface area (Å²) in [4.78, 5) is 11.7. The van der Waals surface area contributed by atoms with Gasteiger partial charge in [0.05, 0.1) is 12.4 Å². The van der Waals surface area contributed by atoms with Gasteiger partial charge in [-0.05, 0) is 30.7 Å². The van der Waals surface area contributed by atoms with E-state index in [9.17, 15) is 13.2 Å². The van der Waals surface area contributed by atoms with Gasteiger partial charge >= 0.3 is 5.97 Å². The molecule has 1 saturated carbocycles. The lowest BCUT2D eigenvalue weighted by molar-refractivity contribution is -0.280. The van der Waals surface area contributed by atoms with Crippen LogP contribution < -0.4 is 0 Å². The molecule has 1 aromatic rings. The van der Waals surface area contributed by atoms with Crippen LogP contribution in [0.4, 0.5) is 0 Å². The lowest BCUT2D eigenvalue weighted by Gasteiger charge is -2.48. The molecule has 0 N–H and O–H groups in total. The third kappa shape index (κ3) is 4.87. The van der Waals surface area contributed by atoms with Gasteiger partial charge in [0.1, 0.15) is 6.10 Å². The molecule has 27 heavy (non-hydrogen) atoms. The summed E-state index contributed by atoms with van der Waals surface area (Å²) in [6, 6.07) is 10.1. The maximum atomic E-state index is 11.8. The minimum absolute atomic E-state index is 0.175. The highest BCUT2D eigenvalue weighted by atomic mass is 32.2. The van der Waals surface area contributed by atoms with Gasteiger partial charge in [0.25, 0.3) is 10.1 Å². The average molecular weight is 398 g/mol. The monoisotopic (exact) mass is 398 g/mol. The second kappa shape index (κ2) is 8.26. The van der Waals surface area contributed by atoms with Crippen molar-refractivity contribution in [1.82, 2.24) is 0 Å². The highest BCUT2D eigenvalue weighted by Gasteiger charge is 2.52. The van der Waals surface area contributed by atoms with Crippen molar-refractivity contribution in [2.45, 2.75) is 56.7 Å². The Morgan fingerprint density at radius 2 is 1.85 bits per heavy atom. The van der Waals surface area contributed by atoms with E-state index in [0.29, 0.717) is 6.42 Å². The van der Waals surface area contributed by atoms with Gasteiger partial charge in [0.15, 0.2) is 12.4 Å². The van der Waals surface area contributed by atoms with Crippen molar-refractivity contribution in [2.24, 2.45) is 5.92 Å². The Bertz CT molecular complexity index is 749. The minimum atomic E-state index is -3.79. The van der Waals surface area contributed by atoms with Crippen LogP contribution in [0.1, 0.15) is 37.7 Å². The molecule has 1 aliphatic carbocycles. The zero-order chi connectivity index (χ0) is 19.6. The summed E-state index contributed by atoms with van der Waals surface area (Å²) in [5.74, 6) is -0.377. The van der Waals surface area contributed by atoms with E-state index >= 15 is 0 Å². The number of esters is 1. The van der Waals surface area contributed by atoms with E-state index in [4.69, 9.17) is 18.4 Å². The predicted octanol–water partition coefficient (Wildman–Crippen LogP) is 2.22. The highest BCUT2D eigenvalue weighted by molar-refractivity contribution is 7.86. The van der Waals surface area contributed by atoms with Gasteiger partial charge in [0, 0.05) is 20.0 Å². The summed E-state index contributed by atoms with van der Waals surface area (Å²) in [5, 5.41) is 0. The molecule has 0 spiro atoms. The number of fused-ring (bicyclic) bond motifs is 1. The number of carbonyl (C=O) groups excluding carboxylic acids is 1. The SMILES string of the molecule is CO[C@@H]1O[C@@H]2CC[C@@H](c3ccccc3)C[C@@H]2[C@H](OC(C)=O)[C@H]1OS(C)(=O)=O. The van der Waals surface area contributed by atoms with Crippen LogP contribution in [0.5, 0.6) is 0 Å². The van der Waals surface area contributed by atoms with E-state index in [1.54, 1.807) is 0 Å². The van der Waals surface area contributed by atoms with E-state index in [-0.39, 0.29) is 17.9 Å². The Kier molecular flexibility index (Phi) is 6.20. The molecule has 0 bridgehead atoms. The van der Waals surface area contributed by atoms with Crippen LogP contribution >= 0.6 is 0 Å². The van der Waals surface area contributed by atoms with Crippen LogP contribution in [0, 0.1) is 5.92 Å². The smallest absolute Gasteiger partial charge is 0.303 e. The van der Waals surface area contributed by atoms with Gasteiger partial charge in [-0.3, -0.25) is 8.98 Å². The molecule has 2 aliphatic rings. The van der Waals surface area contributed by atoms with Crippen molar-refractivity contribution in [3.63, 3.8) is 0 Å². The molecule has 7 nitrogen and oxygen atoms in total. The van der Waals surface area contributed by atoms with Crippen LogP contribution in [-0.4, -0.2) is 52.4 Å². The Morgan fingerprint density at radius 1 is 1.15 bits per heavy atom. The van der Waals surface area contributed by atoms with Crippen molar-refractivity contribution in [3.05, 3.63) is 35.9 Å². The maximum absolute atomic E-state index is 11.8. The second-order valence-electron chi connectivity index (χ2n) is 7.20. The number of methoxy groups -OCH3 is 1. The fourth-order valence-corrected chi connectivity index (χ4v) is 4.81. The highest BCUT2D eigenvalue weighted by Crippen LogP contribution is 2.44. The minimum Gasteiger partial charge on any atom is -0.459 e. The second-order valence-corrected chi connectivity index (χ2v) is 8.80. The lowest BCUT2D eigenvalue weighted by Crippen LogP contribution is -2.59. The number of rotatable bonds is 5. The summed E-state index contributed by atoms with van der Waals surface area (Å²) in [5.41, 5.74) is 1.21. The quantitative estimate of drug-likeness (QED) is 0.555. The first-order chi connectivity index (χ1) is 12.8. The van der Waals surface area contributed by atoms with Crippen molar-refractivity contribution in [2.75, 3.05) is 13.4 Å². The van der Waals surface area contributed by atoms with Crippen LogP contribution in [-0.2, 0) is 33.3 Å². The Morgan fingerprint density at radius 3 is 2.44 bits per heavy atom. The molecule has 6 atom stereocenters. The molecule has 1 saturated heterocycles. The van der Waals surface area contributed by atoms with Gasteiger partial charge in [-0.25, -0.2) is 0 Å². The molecule has 0 amide bonds. The summed E-state index contributed by atoms with van der Waals surface area (Å²) < 4.78 is 45.6. The summed E-state index contributed by atoms with van der Waals surface area (Å²) in [6.07, 6.45) is 0.491. The molecular weight excluding hydrogens is 372 g/mol. The standard InChI is InChI=1S/C19H26O7S/c1-12(20)24-17-15-11-14(13-7-5-4-6-8-13)9-10-16(15)25-19(23-2)18(17)26-27(3,21)22/h4-8,14-19H,9-11H2,1-3H3/t14-,15+,16-,17+,18-,19-/m1/s1. The van der Waals surface area contributed by atoms with E-state index in [2.05, 4.69) is 12.1 Å². The van der Waals surface area contributed by atoms with Gasteiger partial charge in [-0.1, -0.05) is 30.3 Å². The van der Waals surface area contributed by atoms with Crippen molar-refractivity contribution in [3.8, 4) is 0 Å². The van der Waals surface area contributed by atoms with Crippen LogP contribution in [0.25, 0.3) is 0 Å². The molecule has 1 aromatic carbocycles. The molecule has 0 radical (unpaired) electrons. The van der Waals surface area contributed by atoms with E-state index in [1.165, 1.54) is 19.6 Å². The molecule has 8 heteroatoms. The fraction of sp³-hybridized carbons (Fsp3) is 0.632. The zero-order valence-electron chi connectivity index (χ0n) is 15.7. The Hall–Kier alpha value is -1.48. The van der Waals surface area contributed by atoms with Gasteiger partial charge in [-0.15, -0.1) is 0 Å². The number of hydrogen-bond donors (Lipinski definition) is 0. The molecule has 1 aliphatic heterocycles. The van der Waals surface area contributed by atoms with Crippen molar-refractivity contribution < 1.29 is 31.6 Å². The first-order valence-corrected chi connectivity index (χ1v) is 10.9. The lowest BCUT2D eigenvalue weighted by atomic mass is 9.72. The number of ether oxygens (including phenoxy) is 3. The molecule has 0 unspecified atom stereocenters. The third-order valence-corrected chi connectivity index (χ3v) is 5.82. The first-order valence-electron chi connectivity index (χ1n) is 9.07. The summed E-state index contributed by atoms with van der Waals surface area (Å²) in [7, 11) is -2.37. The van der Waals surface area contributed by atoms with Gasteiger partial charge in [0.2, 0.25) is 0 Å². The molecule has 2 fully saturated rings.